The summed E-state index contributed by atoms with van der Waals surface area (Å²) in [6.45, 7) is 0. The van der Waals surface area contributed by atoms with Crippen LogP contribution in [-0.2, 0) is 22.4 Å². The van der Waals surface area contributed by atoms with Gasteiger partial charge in [0.2, 0.25) is 5.91 Å². The third kappa shape index (κ3) is 7.27. The van der Waals surface area contributed by atoms with Gasteiger partial charge in [-0.05, 0) is 41.8 Å². The maximum atomic E-state index is 11.6. The molecule has 2 aromatic rings. The van der Waals surface area contributed by atoms with Crippen LogP contribution in [0.3, 0.4) is 0 Å². The molecule has 2 amide bonds. The van der Waals surface area contributed by atoms with Crippen molar-refractivity contribution in [2.75, 3.05) is 0 Å². The molecule has 132 valence electrons. The molecule has 6 nitrogen and oxygen atoms in total. The van der Waals surface area contributed by atoms with Crippen molar-refractivity contribution in [1.29, 1.82) is 0 Å². The molecule has 1 saturated heterocycles. The van der Waals surface area contributed by atoms with E-state index in [0.29, 0.717) is 23.5 Å². The first kappa shape index (κ1) is 24.2. The molecule has 2 N–H and O–H groups in total. The van der Waals surface area contributed by atoms with Gasteiger partial charge in [0, 0.05) is 0 Å². The third-order valence-corrected chi connectivity index (χ3v) is 4.61. The summed E-state index contributed by atoms with van der Waals surface area (Å²) in [4.78, 5) is 33.4. The summed E-state index contributed by atoms with van der Waals surface area (Å²) in [6.07, 6.45) is 0.455. The molecule has 0 radical (unpaired) electrons. The molecule has 2 aromatic carbocycles. The van der Waals surface area contributed by atoms with Crippen molar-refractivity contribution in [3.05, 3.63) is 59.7 Å². The van der Waals surface area contributed by atoms with Gasteiger partial charge in [0.05, 0.1) is 11.7 Å². The molecule has 0 aliphatic carbocycles. The number of hydrogen-bond donors (Lipinski definition) is 2. The Morgan fingerprint density at radius 1 is 0.963 bits per heavy atom. The molecule has 0 spiro atoms. The predicted molar refractivity (Wildman–Crippen MR) is 107 cm³/mol. The minimum atomic E-state index is -0.875. The second-order valence-electron chi connectivity index (χ2n) is 5.55. The van der Waals surface area contributed by atoms with Gasteiger partial charge >= 0.3 is 65.1 Å². The van der Waals surface area contributed by atoms with Gasteiger partial charge in [0.1, 0.15) is 11.5 Å². The Bertz CT molecular complexity index is 812. The van der Waals surface area contributed by atoms with E-state index in [2.05, 4.69) is 5.32 Å². The van der Waals surface area contributed by atoms with Gasteiger partial charge in [-0.2, -0.15) is 0 Å². The number of imide groups is 1. The first-order chi connectivity index (χ1) is 12.0. The zero-order valence-corrected chi connectivity index (χ0v) is 13.9. The second-order valence-corrected chi connectivity index (χ2v) is 6.72. The Hall–Kier alpha value is -0.800. The second kappa shape index (κ2) is 11.3. The zero-order chi connectivity index (χ0) is 17.8. The van der Waals surface area contributed by atoms with Crippen LogP contribution in [0.5, 0.6) is 11.5 Å². The first-order valence-electron chi connectivity index (χ1n) is 7.58. The number of carboxylic acid groups (broad SMARTS) is 1. The Kier molecular flexibility index (Phi) is 10.1. The molecule has 1 heterocycles. The van der Waals surface area contributed by atoms with E-state index in [1.165, 1.54) is 0 Å². The number of hydrogen-bond acceptors (Lipinski definition) is 5. The first-order valence-corrected chi connectivity index (χ1v) is 8.46. The number of amides is 2. The van der Waals surface area contributed by atoms with Crippen molar-refractivity contribution in [1.82, 2.24) is 5.32 Å². The van der Waals surface area contributed by atoms with Crippen LogP contribution in [0.4, 0.5) is 4.79 Å². The van der Waals surface area contributed by atoms with Crippen molar-refractivity contribution in [2.45, 2.75) is 18.1 Å². The van der Waals surface area contributed by atoms with Crippen molar-refractivity contribution < 1.29 is 24.2 Å². The van der Waals surface area contributed by atoms with Gasteiger partial charge in [0.25, 0.3) is 5.24 Å². The predicted octanol–water partition coefficient (Wildman–Crippen LogP) is 1.70. The summed E-state index contributed by atoms with van der Waals surface area (Å²) in [7, 11) is 0. The summed E-state index contributed by atoms with van der Waals surface area (Å²) >= 11 is 1.01. The number of rotatable bonds is 6. The Morgan fingerprint density at radius 2 is 1.48 bits per heavy atom. The number of aliphatic carboxylic acids is 1. The van der Waals surface area contributed by atoms with Crippen molar-refractivity contribution in [2.24, 2.45) is 0 Å². The molecule has 1 fully saturated rings. The van der Waals surface area contributed by atoms with Crippen molar-refractivity contribution >= 4 is 88.0 Å². The van der Waals surface area contributed by atoms with Crippen LogP contribution in [0.1, 0.15) is 11.1 Å². The molecular weight excluding hydrogens is 388 g/mol. The molecule has 1 aliphatic heterocycles. The molecular formula is C18H17NNa2O5S. The Morgan fingerprint density at radius 3 is 1.93 bits per heavy atom. The van der Waals surface area contributed by atoms with Crippen LogP contribution >= 0.6 is 11.8 Å². The molecule has 27 heavy (non-hydrogen) atoms. The fraction of sp³-hybridized carbons (Fsp3) is 0.167. The number of nitrogens with one attached hydrogen (secondary N) is 1. The van der Waals surface area contributed by atoms with Gasteiger partial charge in [-0.3, -0.25) is 19.7 Å². The SMILES string of the molecule is O=C(O)Cc1ccc(Oc2ccc(CC3SC(=O)NC3=O)cc2)cc1.[NaH].[NaH]. The molecule has 3 rings (SSSR count). The molecule has 0 aromatic heterocycles. The van der Waals surface area contributed by atoms with Crippen molar-refractivity contribution in [3.63, 3.8) is 0 Å². The van der Waals surface area contributed by atoms with Crippen LogP contribution in [-0.4, -0.2) is 86.6 Å². The summed E-state index contributed by atoms with van der Waals surface area (Å²) in [6, 6.07) is 14.2. The van der Waals surface area contributed by atoms with Gasteiger partial charge in [-0.25, -0.2) is 0 Å². The summed E-state index contributed by atoms with van der Waals surface area (Å²) in [5.41, 5.74) is 1.64. The van der Waals surface area contributed by atoms with E-state index in [0.717, 1.165) is 17.3 Å². The van der Waals surface area contributed by atoms with Crippen LogP contribution in [0.25, 0.3) is 0 Å². The molecule has 9 heteroatoms. The topological polar surface area (TPSA) is 92.7 Å². The van der Waals surface area contributed by atoms with E-state index in [1.54, 1.807) is 36.4 Å². The minimum absolute atomic E-state index is 0. The fourth-order valence-corrected chi connectivity index (χ4v) is 3.28. The Labute approximate surface area is 205 Å². The van der Waals surface area contributed by atoms with E-state index < -0.39 is 5.97 Å². The fourth-order valence-electron chi connectivity index (χ4n) is 2.42. The van der Waals surface area contributed by atoms with Crippen LogP contribution in [0.2, 0.25) is 0 Å². The molecule has 0 saturated carbocycles. The van der Waals surface area contributed by atoms with Crippen LogP contribution < -0.4 is 10.1 Å². The number of ether oxygens (including phenoxy) is 1. The molecule has 1 unspecified atom stereocenters. The van der Waals surface area contributed by atoms with E-state index in [9.17, 15) is 14.4 Å². The van der Waals surface area contributed by atoms with E-state index in [1.807, 2.05) is 12.1 Å². The summed E-state index contributed by atoms with van der Waals surface area (Å²) in [5, 5.41) is 10.3. The van der Waals surface area contributed by atoms with E-state index in [4.69, 9.17) is 9.84 Å². The molecule has 1 atom stereocenters. The van der Waals surface area contributed by atoms with Gasteiger partial charge in [0.15, 0.2) is 0 Å². The number of carboxylic acids is 1. The number of thioether (sulfide) groups is 1. The number of carbonyl (C=O) groups is 3. The van der Waals surface area contributed by atoms with Gasteiger partial charge in [-0.15, -0.1) is 0 Å². The van der Waals surface area contributed by atoms with E-state index in [-0.39, 0.29) is 81.9 Å². The Balaban J connectivity index is 0.00000182. The quantitative estimate of drug-likeness (QED) is 0.711. The average Bonchev–Trinajstić information content (AvgIpc) is 2.88. The van der Waals surface area contributed by atoms with Crippen LogP contribution in [0.15, 0.2) is 48.5 Å². The third-order valence-electron chi connectivity index (χ3n) is 3.63. The monoisotopic (exact) mass is 405 g/mol. The number of carbonyl (C=O) groups excluding carboxylic acids is 2. The van der Waals surface area contributed by atoms with Gasteiger partial charge in [-0.1, -0.05) is 36.0 Å². The normalized spacial score (nSPS) is 15.3. The number of benzene rings is 2. The average molecular weight is 405 g/mol. The molecule has 1 aliphatic rings. The summed E-state index contributed by atoms with van der Waals surface area (Å²) in [5.74, 6) is 0.115. The molecule has 0 bridgehead atoms. The summed E-state index contributed by atoms with van der Waals surface area (Å²) < 4.78 is 5.72. The maximum absolute atomic E-state index is 11.6. The standard InChI is InChI=1S/C18H15NO5S.2Na.2H/c20-16(21)10-12-3-7-14(8-4-12)24-13-5-1-11(2-6-13)9-15-17(22)19-18(23)25-15;;;;/h1-8,15H,9-10H2,(H,20,21)(H,19,22,23);;;;. The van der Waals surface area contributed by atoms with Gasteiger partial charge < -0.3 is 9.84 Å². The van der Waals surface area contributed by atoms with Crippen LogP contribution in [0, 0.1) is 0 Å². The zero-order valence-electron chi connectivity index (χ0n) is 13.1. The van der Waals surface area contributed by atoms with Crippen molar-refractivity contribution in [3.8, 4) is 11.5 Å². The van der Waals surface area contributed by atoms with E-state index >= 15 is 0 Å².